The molecule has 2 N–H and O–H groups in total. The number of H-pyrrole nitrogens is 1. The van der Waals surface area contributed by atoms with E-state index >= 15 is 0 Å². The molecule has 1 heterocycles. The van der Waals surface area contributed by atoms with Crippen molar-refractivity contribution in [2.24, 2.45) is 0 Å². The van der Waals surface area contributed by atoms with Crippen LogP contribution in [0.25, 0.3) is 21.7 Å². The second kappa shape index (κ2) is 6.85. The van der Waals surface area contributed by atoms with Crippen molar-refractivity contribution < 1.29 is 19.4 Å². The molecular formula is C23H19NO4. The number of aromatic amines is 1. The molecule has 5 heteroatoms. The molecule has 0 radical (unpaired) electrons. The van der Waals surface area contributed by atoms with Crippen LogP contribution in [0, 0.1) is 6.92 Å². The lowest BCUT2D eigenvalue weighted by Gasteiger charge is -2.14. The van der Waals surface area contributed by atoms with Crippen molar-refractivity contribution in [2.45, 2.75) is 20.0 Å². The zero-order valence-electron chi connectivity index (χ0n) is 15.5. The van der Waals surface area contributed by atoms with E-state index in [1.165, 1.54) is 6.07 Å². The number of rotatable bonds is 4. The van der Waals surface area contributed by atoms with Gasteiger partial charge >= 0.3 is 5.97 Å². The first-order valence-electron chi connectivity index (χ1n) is 9.00. The summed E-state index contributed by atoms with van der Waals surface area (Å²) in [5.74, 6) is -1.17. The molecule has 0 saturated carbocycles. The molecule has 0 spiro atoms. The van der Waals surface area contributed by atoms with Gasteiger partial charge in [0.25, 0.3) is 0 Å². The molecule has 0 amide bonds. The van der Waals surface area contributed by atoms with Gasteiger partial charge < -0.3 is 14.8 Å². The molecular weight excluding hydrogens is 354 g/mol. The summed E-state index contributed by atoms with van der Waals surface area (Å²) >= 11 is 0. The normalized spacial score (nSPS) is 12.2. The fourth-order valence-corrected chi connectivity index (χ4v) is 3.49. The Hall–Kier alpha value is -3.60. The molecule has 140 valence electrons. The van der Waals surface area contributed by atoms with Crippen LogP contribution in [0.5, 0.6) is 5.75 Å². The number of para-hydroxylation sites is 1. The van der Waals surface area contributed by atoms with Gasteiger partial charge in [0.05, 0.1) is 0 Å². The summed E-state index contributed by atoms with van der Waals surface area (Å²) in [6.45, 7) is 3.36. The maximum Gasteiger partial charge on any atom is 0.342 e. The Balaban J connectivity index is 1.62. The van der Waals surface area contributed by atoms with Crippen molar-refractivity contribution in [3.63, 3.8) is 0 Å². The second-order valence-electron chi connectivity index (χ2n) is 6.77. The van der Waals surface area contributed by atoms with Gasteiger partial charge in [0.15, 0.2) is 6.10 Å². The topological polar surface area (TPSA) is 79.4 Å². The van der Waals surface area contributed by atoms with Crippen LogP contribution in [-0.2, 0) is 4.74 Å². The van der Waals surface area contributed by atoms with E-state index in [1.54, 1.807) is 25.1 Å². The average molecular weight is 373 g/mol. The van der Waals surface area contributed by atoms with E-state index in [0.29, 0.717) is 10.9 Å². The Kier molecular flexibility index (Phi) is 4.35. The first kappa shape index (κ1) is 17.8. The van der Waals surface area contributed by atoms with E-state index in [4.69, 9.17) is 4.74 Å². The summed E-state index contributed by atoms with van der Waals surface area (Å²) in [5, 5.41) is 12.6. The van der Waals surface area contributed by atoms with Crippen molar-refractivity contribution >= 4 is 33.4 Å². The lowest BCUT2D eigenvalue weighted by molar-refractivity contribution is 0.0316. The minimum absolute atomic E-state index is 0.0361. The van der Waals surface area contributed by atoms with Gasteiger partial charge in [0, 0.05) is 27.5 Å². The number of aromatic hydroxyl groups is 1. The van der Waals surface area contributed by atoms with Gasteiger partial charge in [-0.15, -0.1) is 0 Å². The van der Waals surface area contributed by atoms with Crippen LogP contribution in [0.2, 0.25) is 0 Å². The maximum absolute atomic E-state index is 12.9. The van der Waals surface area contributed by atoms with E-state index in [1.807, 2.05) is 43.3 Å². The number of hydrogen-bond donors (Lipinski definition) is 2. The van der Waals surface area contributed by atoms with Crippen LogP contribution in [0.1, 0.15) is 33.3 Å². The number of benzene rings is 3. The monoisotopic (exact) mass is 373 g/mol. The Morgan fingerprint density at radius 3 is 2.43 bits per heavy atom. The molecule has 0 aliphatic heterocycles. The number of Topliss-reactive ketones (excluding diaryl/α,β-unsaturated/α-hetero) is 1. The number of phenols is 1. The lowest BCUT2D eigenvalue weighted by atomic mass is 10.0. The van der Waals surface area contributed by atoms with Crippen molar-refractivity contribution in [1.29, 1.82) is 0 Å². The zero-order chi connectivity index (χ0) is 19.8. The molecule has 0 bridgehead atoms. The van der Waals surface area contributed by atoms with Gasteiger partial charge in [-0.1, -0.05) is 48.5 Å². The SMILES string of the molecule is Cc1[nH]c2ccccc2c1C(=O)[C@@H](C)OC(=O)c1ccc2ccccc2c1O. The predicted octanol–water partition coefficient (Wildman–Crippen LogP) is 4.76. The summed E-state index contributed by atoms with van der Waals surface area (Å²) in [4.78, 5) is 28.7. The number of fused-ring (bicyclic) bond motifs is 2. The minimum Gasteiger partial charge on any atom is -0.506 e. The standard InChI is InChI=1S/C23H19NO4/c1-13-20(17-9-5-6-10-19(17)24-13)21(25)14(2)28-23(27)18-12-11-15-7-3-4-8-16(15)22(18)26/h3-12,14,24,26H,1-2H3/t14-/m1/s1. The molecule has 0 aliphatic rings. The number of phenolic OH excluding ortho intramolecular Hbond substituents is 1. The average Bonchev–Trinajstić information content (AvgIpc) is 3.03. The van der Waals surface area contributed by atoms with Crippen molar-refractivity contribution in [3.8, 4) is 5.75 Å². The number of ether oxygens (including phenoxy) is 1. The molecule has 1 atom stereocenters. The van der Waals surface area contributed by atoms with Gasteiger partial charge in [0.2, 0.25) is 5.78 Å². The fraction of sp³-hybridized carbons (Fsp3) is 0.130. The molecule has 3 aromatic carbocycles. The van der Waals surface area contributed by atoms with Crippen LogP contribution in [-0.4, -0.2) is 27.9 Å². The highest BCUT2D eigenvalue weighted by Crippen LogP contribution is 2.30. The van der Waals surface area contributed by atoms with Crippen molar-refractivity contribution in [3.05, 3.63) is 77.5 Å². The Morgan fingerprint density at radius 2 is 1.64 bits per heavy atom. The molecule has 0 unspecified atom stereocenters. The van der Waals surface area contributed by atoms with E-state index in [0.717, 1.165) is 22.0 Å². The summed E-state index contributed by atoms with van der Waals surface area (Å²) in [6.07, 6.45) is -0.990. The Labute approximate surface area is 161 Å². The predicted molar refractivity (Wildman–Crippen MR) is 108 cm³/mol. The maximum atomic E-state index is 12.9. The first-order chi connectivity index (χ1) is 13.5. The molecule has 0 saturated heterocycles. The molecule has 0 aliphatic carbocycles. The summed E-state index contributed by atoms with van der Waals surface area (Å²) in [6, 6.07) is 17.9. The number of esters is 1. The highest BCUT2D eigenvalue weighted by Gasteiger charge is 2.26. The van der Waals surface area contributed by atoms with Crippen LogP contribution in [0.3, 0.4) is 0 Å². The third-order valence-corrected chi connectivity index (χ3v) is 4.91. The quantitative estimate of drug-likeness (QED) is 0.399. The lowest BCUT2D eigenvalue weighted by Crippen LogP contribution is -2.25. The third-order valence-electron chi connectivity index (χ3n) is 4.91. The van der Waals surface area contributed by atoms with Crippen LogP contribution in [0.4, 0.5) is 0 Å². The summed E-state index contributed by atoms with van der Waals surface area (Å²) < 4.78 is 5.39. The van der Waals surface area contributed by atoms with Gasteiger partial charge in [-0.3, -0.25) is 4.79 Å². The van der Waals surface area contributed by atoms with E-state index in [9.17, 15) is 14.7 Å². The largest absolute Gasteiger partial charge is 0.506 e. The Bertz CT molecular complexity index is 1220. The number of nitrogens with one attached hydrogen (secondary N) is 1. The molecule has 4 aromatic rings. The first-order valence-corrected chi connectivity index (χ1v) is 9.00. The van der Waals surface area contributed by atoms with Crippen LogP contribution >= 0.6 is 0 Å². The zero-order valence-corrected chi connectivity index (χ0v) is 15.5. The van der Waals surface area contributed by atoms with Gasteiger partial charge in [-0.05, 0) is 31.4 Å². The molecule has 28 heavy (non-hydrogen) atoms. The molecule has 5 nitrogen and oxygen atoms in total. The highest BCUT2D eigenvalue weighted by molar-refractivity contribution is 6.12. The number of carbonyl (C=O) groups is 2. The molecule has 1 aromatic heterocycles. The smallest absolute Gasteiger partial charge is 0.342 e. The summed E-state index contributed by atoms with van der Waals surface area (Å²) in [7, 11) is 0. The second-order valence-corrected chi connectivity index (χ2v) is 6.77. The number of hydrogen-bond acceptors (Lipinski definition) is 4. The van der Waals surface area contributed by atoms with E-state index in [2.05, 4.69) is 4.98 Å². The number of aryl methyl sites for hydroxylation is 1. The van der Waals surface area contributed by atoms with Gasteiger partial charge in [-0.25, -0.2) is 4.79 Å². The van der Waals surface area contributed by atoms with Crippen LogP contribution in [0.15, 0.2) is 60.7 Å². The van der Waals surface area contributed by atoms with Crippen molar-refractivity contribution in [2.75, 3.05) is 0 Å². The van der Waals surface area contributed by atoms with E-state index < -0.39 is 12.1 Å². The summed E-state index contributed by atoms with van der Waals surface area (Å²) in [5.41, 5.74) is 2.13. The molecule has 4 rings (SSSR count). The Morgan fingerprint density at radius 1 is 0.964 bits per heavy atom. The van der Waals surface area contributed by atoms with Gasteiger partial charge in [0.1, 0.15) is 11.3 Å². The minimum atomic E-state index is -0.990. The fourth-order valence-electron chi connectivity index (χ4n) is 3.49. The van der Waals surface area contributed by atoms with Crippen LogP contribution < -0.4 is 0 Å². The van der Waals surface area contributed by atoms with Gasteiger partial charge in [-0.2, -0.15) is 0 Å². The number of ketones is 1. The third kappa shape index (κ3) is 2.91. The number of carbonyl (C=O) groups excluding carboxylic acids is 2. The van der Waals surface area contributed by atoms with E-state index in [-0.39, 0.29) is 17.1 Å². The highest BCUT2D eigenvalue weighted by atomic mass is 16.5. The number of aromatic nitrogens is 1. The van der Waals surface area contributed by atoms with Crippen molar-refractivity contribution in [1.82, 2.24) is 4.98 Å². The molecule has 0 fully saturated rings.